The third-order valence-corrected chi connectivity index (χ3v) is 4.47. The van der Waals surface area contributed by atoms with Gasteiger partial charge in [-0.1, -0.05) is 41.4 Å². The summed E-state index contributed by atoms with van der Waals surface area (Å²) in [5.41, 5.74) is 2.81. The number of hydrogen-bond acceptors (Lipinski definition) is 3. The molecule has 0 aromatic heterocycles. The number of benzodiazepines with no additional fused rings is 1. The molecule has 1 amide bonds. The second-order valence-corrected chi connectivity index (χ2v) is 6.58. The first kappa shape index (κ1) is 18.2. The van der Waals surface area contributed by atoms with Gasteiger partial charge in [-0.2, -0.15) is 0 Å². The summed E-state index contributed by atoms with van der Waals surface area (Å²) in [6.07, 6.45) is 0. The summed E-state index contributed by atoms with van der Waals surface area (Å²) in [6, 6.07) is 12.7. The van der Waals surface area contributed by atoms with Crippen LogP contribution in [0.1, 0.15) is 11.1 Å². The zero-order valence-corrected chi connectivity index (χ0v) is 15.5. The summed E-state index contributed by atoms with van der Waals surface area (Å²) in [4.78, 5) is 18.6. The van der Waals surface area contributed by atoms with Crippen LogP contribution in [0.3, 0.4) is 0 Å². The molecule has 3 rings (SSSR count). The van der Waals surface area contributed by atoms with Gasteiger partial charge in [-0.15, -0.1) is 11.6 Å². The van der Waals surface area contributed by atoms with Gasteiger partial charge in [0.05, 0.1) is 18.0 Å². The molecule has 0 saturated heterocycles. The number of hydrogen-bond donors (Lipinski definition) is 0. The molecule has 7 heteroatoms. The zero-order chi connectivity index (χ0) is 17.8. The highest BCUT2D eigenvalue weighted by atomic mass is 35.5. The first-order valence-electron chi connectivity index (χ1n) is 7.65. The van der Waals surface area contributed by atoms with Gasteiger partial charge in [0.2, 0.25) is 0 Å². The minimum atomic E-state index is -0.166. The molecular weight excluding hydrogens is 383 g/mol. The van der Waals surface area contributed by atoms with Crippen molar-refractivity contribution < 1.29 is 9.53 Å². The number of benzene rings is 2. The van der Waals surface area contributed by atoms with E-state index >= 15 is 0 Å². The van der Waals surface area contributed by atoms with E-state index in [1.54, 1.807) is 29.2 Å². The van der Waals surface area contributed by atoms with Crippen molar-refractivity contribution in [3.8, 4) is 0 Å². The molecular formula is C18H15Cl3N2O2. The fourth-order valence-electron chi connectivity index (χ4n) is 2.62. The predicted octanol–water partition coefficient (Wildman–Crippen LogP) is 4.39. The largest absolute Gasteiger partial charge is 0.359 e. The minimum absolute atomic E-state index is 0.00289. The Morgan fingerprint density at radius 1 is 1.12 bits per heavy atom. The van der Waals surface area contributed by atoms with Gasteiger partial charge in [0.15, 0.2) is 0 Å². The summed E-state index contributed by atoms with van der Waals surface area (Å²) < 4.78 is 5.46. The number of rotatable bonds is 5. The first-order valence-corrected chi connectivity index (χ1v) is 8.94. The van der Waals surface area contributed by atoms with E-state index in [2.05, 4.69) is 4.99 Å². The van der Waals surface area contributed by atoms with Gasteiger partial charge in [0.25, 0.3) is 5.91 Å². The topological polar surface area (TPSA) is 41.9 Å². The molecule has 130 valence electrons. The standard InChI is InChI=1S/C18H15Cl3N2O2/c19-7-8-25-11-23-16-6-5-12(20)9-14(16)18(22-10-17(23)24)13-3-1-2-4-15(13)21/h1-6,9H,7-8,10-11H2. The molecule has 1 aliphatic heterocycles. The lowest BCUT2D eigenvalue weighted by molar-refractivity contribution is -0.118. The molecule has 0 atom stereocenters. The van der Waals surface area contributed by atoms with Gasteiger partial charge in [0, 0.05) is 27.1 Å². The fraction of sp³-hybridized carbons (Fsp3) is 0.222. The third-order valence-electron chi connectivity index (χ3n) is 3.75. The SMILES string of the molecule is O=C1CN=C(c2ccccc2Cl)c2cc(Cl)ccc2N1COCCCl. The van der Waals surface area contributed by atoms with Crippen molar-refractivity contribution in [3.63, 3.8) is 0 Å². The van der Waals surface area contributed by atoms with Crippen molar-refractivity contribution in [2.45, 2.75) is 0 Å². The Hall–Kier alpha value is -1.59. The first-order chi connectivity index (χ1) is 12.1. The normalized spacial score (nSPS) is 14.1. The molecule has 25 heavy (non-hydrogen) atoms. The third kappa shape index (κ3) is 3.98. The van der Waals surface area contributed by atoms with Crippen LogP contribution in [0.25, 0.3) is 0 Å². The van der Waals surface area contributed by atoms with Crippen LogP contribution in [0, 0.1) is 0 Å². The molecule has 2 aromatic rings. The average molecular weight is 398 g/mol. The predicted molar refractivity (Wildman–Crippen MR) is 102 cm³/mol. The van der Waals surface area contributed by atoms with Crippen molar-refractivity contribution >= 4 is 52.1 Å². The van der Waals surface area contributed by atoms with Crippen LogP contribution in [-0.2, 0) is 9.53 Å². The molecule has 0 N–H and O–H groups in total. The van der Waals surface area contributed by atoms with Crippen molar-refractivity contribution in [2.75, 3.05) is 30.7 Å². The fourth-order valence-corrected chi connectivity index (χ4v) is 3.13. The smallest absolute Gasteiger partial charge is 0.250 e. The second-order valence-electron chi connectivity index (χ2n) is 5.35. The van der Waals surface area contributed by atoms with E-state index < -0.39 is 0 Å². The van der Waals surface area contributed by atoms with E-state index in [-0.39, 0.29) is 19.2 Å². The number of halogens is 3. The highest BCUT2D eigenvalue weighted by molar-refractivity contribution is 6.37. The van der Waals surface area contributed by atoms with Gasteiger partial charge >= 0.3 is 0 Å². The van der Waals surface area contributed by atoms with Crippen LogP contribution in [0.5, 0.6) is 0 Å². The van der Waals surface area contributed by atoms with Crippen molar-refractivity contribution in [1.82, 2.24) is 0 Å². The lowest BCUT2D eigenvalue weighted by Crippen LogP contribution is -2.34. The minimum Gasteiger partial charge on any atom is -0.359 e. The van der Waals surface area contributed by atoms with Crippen LogP contribution < -0.4 is 4.90 Å². The van der Waals surface area contributed by atoms with Crippen LogP contribution in [0.2, 0.25) is 10.0 Å². The molecule has 0 bridgehead atoms. The van der Waals surface area contributed by atoms with Crippen LogP contribution >= 0.6 is 34.8 Å². The number of carbonyl (C=O) groups excluding carboxylic acids is 1. The van der Waals surface area contributed by atoms with E-state index in [0.717, 1.165) is 11.1 Å². The number of aliphatic imine (C=N–C) groups is 1. The summed E-state index contributed by atoms with van der Waals surface area (Å²) in [5.74, 6) is 0.192. The Morgan fingerprint density at radius 2 is 1.92 bits per heavy atom. The molecule has 1 aliphatic rings. The number of nitrogens with zero attached hydrogens (tertiary/aromatic N) is 2. The molecule has 0 radical (unpaired) electrons. The highest BCUT2D eigenvalue weighted by Gasteiger charge is 2.26. The number of amides is 1. The summed E-state index contributed by atoms with van der Waals surface area (Å²) in [6.45, 7) is 0.453. The summed E-state index contributed by atoms with van der Waals surface area (Å²) in [7, 11) is 0. The van der Waals surface area contributed by atoms with Gasteiger partial charge in [-0.05, 0) is 24.3 Å². The Morgan fingerprint density at radius 3 is 2.68 bits per heavy atom. The molecule has 0 aliphatic carbocycles. The van der Waals surface area contributed by atoms with Crippen LogP contribution in [0.4, 0.5) is 5.69 Å². The maximum absolute atomic E-state index is 12.6. The molecule has 4 nitrogen and oxygen atoms in total. The zero-order valence-electron chi connectivity index (χ0n) is 13.2. The number of ether oxygens (including phenoxy) is 1. The van der Waals surface area contributed by atoms with Gasteiger partial charge < -0.3 is 4.74 Å². The lowest BCUT2D eigenvalue weighted by Gasteiger charge is -2.23. The monoisotopic (exact) mass is 396 g/mol. The van der Waals surface area contributed by atoms with Gasteiger partial charge in [-0.3, -0.25) is 14.7 Å². The van der Waals surface area contributed by atoms with Gasteiger partial charge in [-0.25, -0.2) is 0 Å². The maximum Gasteiger partial charge on any atom is 0.250 e. The maximum atomic E-state index is 12.6. The van der Waals surface area contributed by atoms with Crippen LogP contribution in [0.15, 0.2) is 47.5 Å². The second kappa shape index (κ2) is 8.19. The van der Waals surface area contributed by atoms with E-state index in [1.807, 2.05) is 18.2 Å². The lowest BCUT2D eigenvalue weighted by atomic mass is 10.00. The van der Waals surface area contributed by atoms with Crippen molar-refractivity contribution in [1.29, 1.82) is 0 Å². The average Bonchev–Trinajstić information content (AvgIpc) is 2.73. The highest BCUT2D eigenvalue weighted by Crippen LogP contribution is 2.31. The number of carbonyl (C=O) groups is 1. The van der Waals surface area contributed by atoms with E-state index in [0.29, 0.717) is 33.9 Å². The molecule has 0 spiro atoms. The van der Waals surface area contributed by atoms with Crippen LogP contribution in [-0.4, -0.2) is 37.4 Å². The van der Waals surface area contributed by atoms with E-state index in [1.165, 1.54) is 0 Å². The van der Waals surface area contributed by atoms with Gasteiger partial charge in [0.1, 0.15) is 13.3 Å². The molecule has 1 heterocycles. The Kier molecular flexibility index (Phi) is 5.97. The molecule has 0 fully saturated rings. The van der Waals surface area contributed by atoms with E-state index in [9.17, 15) is 4.79 Å². The van der Waals surface area contributed by atoms with Crippen molar-refractivity contribution in [2.24, 2.45) is 4.99 Å². The van der Waals surface area contributed by atoms with Crippen molar-refractivity contribution in [3.05, 3.63) is 63.6 Å². The molecule has 0 unspecified atom stereocenters. The quantitative estimate of drug-likeness (QED) is 0.554. The van der Waals surface area contributed by atoms with E-state index in [4.69, 9.17) is 39.5 Å². The summed E-state index contributed by atoms with van der Waals surface area (Å²) >= 11 is 18.2. The number of anilines is 1. The Bertz CT molecular complexity index is 824. The molecule has 0 saturated carbocycles. The summed E-state index contributed by atoms with van der Waals surface area (Å²) in [5, 5.41) is 1.11. The number of alkyl halides is 1. The number of fused-ring (bicyclic) bond motifs is 1. The Labute approximate surface area is 161 Å². The molecule has 2 aromatic carbocycles. The Balaban J connectivity index is 2.09.